The van der Waals surface area contributed by atoms with Gasteiger partial charge in [-0.3, -0.25) is 9.59 Å². The minimum atomic E-state index is -3.48. The Kier molecular flexibility index (Phi) is 4.14. The number of fused-ring (bicyclic) bond motifs is 1. The van der Waals surface area contributed by atoms with E-state index < -0.39 is 9.84 Å². The van der Waals surface area contributed by atoms with Gasteiger partial charge in [0.25, 0.3) is 0 Å². The maximum Gasteiger partial charge on any atom is 0.243 e. The summed E-state index contributed by atoms with van der Waals surface area (Å²) in [4.78, 5) is 26.7. The van der Waals surface area contributed by atoms with Crippen LogP contribution in [0, 0.1) is 0 Å². The second kappa shape index (κ2) is 5.96. The van der Waals surface area contributed by atoms with Gasteiger partial charge in [-0.1, -0.05) is 6.07 Å². The van der Waals surface area contributed by atoms with Gasteiger partial charge in [0.05, 0.1) is 17.3 Å². The molecule has 0 aromatic heterocycles. The zero-order valence-corrected chi connectivity index (χ0v) is 13.9. The fourth-order valence-electron chi connectivity index (χ4n) is 3.08. The van der Waals surface area contributed by atoms with E-state index >= 15 is 0 Å². The monoisotopic (exact) mass is 336 g/mol. The molecule has 0 radical (unpaired) electrons. The first kappa shape index (κ1) is 16.0. The lowest BCUT2D eigenvalue weighted by molar-refractivity contribution is -0.131. The molecule has 6 nitrogen and oxygen atoms in total. The third-order valence-corrected chi connectivity index (χ3v) is 6.21. The van der Waals surface area contributed by atoms with Crippen molar-refractivity contribution in [3.05, 3.63) is 29.3 Å². The third kappa shape index (κ3) is 3.24. The van der Waals surface area contributed by atoms with Gasteiger partial charge in [-0.25, -0.2) is 8.42 Å². The van der Waals surface area contributed by atoms with E-state index in [0.717, 1.165) is 24.8 Å². The maximum atomic E-state index is 12.4. The van der Waals surface area contributed by atoms with Crippen LogP contribution in [0.3, 0.4) is 0 Å². The first-order valence-electron chi connectivity index (χ1n) is 7.73. The van der Waals surface area contributed by atoms with Crippen LogP contribution in [-0.2, 0) is 32.3 Å². The summed E-state index contributed by atoms with van der Waals surface area (Å²) >= 11 is 0. The summed E-state index contributed by atoms with van der Waals surface area (Å²) < 4.78 is 24.9. The van der Waals surface area contributed by atoms with Crippen LogP contribution in [0.5, 0.6) is 0 Å². The Morgan fingerprint density at radius 2 is 1.96 bits per heavy atom. The number of likely N-dealkylation sites (N-methyl/N-ethyl adjacent to an activating group) is 1. The van der Waals surface area contributed by atoms with Crippen molar-refractivity contribution in [3.63, 3.8) is 0 Å². The van der Waals surface area contributed by atoms with Crippen LogP contribution >= 0.6 is 0 Å². The van der Waals surface area contributed by atoms with Gasteiger partial charge in [-0.15, -0.1) is 0 Å². The molecule has 0 N–H and O–H groups in total. The molecule has 0 spiro atoms. The van der Waals surface area contributed by atoms with E-state index in [1.165, 1.54) is 15.4 Å². The van der Waals surface area contributed by atoms with E-state index in [-0.39, 0.29) is 37.2 Å². The van der Waals surface area contributed by atoms with E-state index in [0.29, 0.717) is 4.90 Å². The SMILES string of the molecule is CN1CN(C(=O)CCS(=O)(=O)c2ccc3c(c2)CCC3)CC1=O. The zero-order valence-electron chi connectivity index (χ0n) is 13.1. The van der Waals surface area contributed by atoms with Crippen LogP contribution < -0.4 is 0 Å². The van der Waals surface area contributed by atoms with Gasteiger partial charge in [-0.2, -0.15) is 0 Å². The van der Waals surface area contributed by atoms with Gasteiger partial charge in [0, 0.05) is 13.5 Å². The number of carbonyl (C=O) groups is 2. The van der Waals surface area contributed by atoms with Gasteiger partial charge >= 0.3 is 0 Å². The highest BCUT2D eigenvalue weighted by Gasteiger charge is 2.29. The number of hydrogen-bond acceptors (Lipinski definition) is 4. The second-order valence-electron chi connectivity index (χ2n) is 6.18. The van der Waals surface area contributed by atoms with E-state index in [9.17, 15) is 18.0 Å². The van der Waals surface area contributed by atoms with Gasteiger partial charge in [-0.05, 0) is 42.5 Å². The molecule has 1 fully saturated rings. The summed E-state index contributed by atoms with van der Waals surface area (Å²) in [5.74, 6) is -0.647. The topological polar surface area (TPSA) is 74.8 Å². The second-order valence-corrected chi connectivity index (χ2v) is 8.29. The van der Waals surface area contributed by atoms with Gasteiger partial charge < -0.3 is 9.80 Å². The standard InChI is InChI=1S/C16H20N2O4S/c1-17-11-18(10-16(17)20)15(19)7-8-23(21,22)14-6-5-12-3-2-4-13(12)9-14/h5-6,9H,2-4,7-8,10-11H2,1H3. The first-order chi connectivity index (χ1) is 10.9. The largest absolute Gasteiger partial charge is 0.326 e. The number of hydrogen-bond donors (Lipinski definition) is 0. The summed E-state index contributed by atoms with van der Waals surface area (Å²) in [6.07, 6.45) is 2.89. The van der Waals surface area contributed by atoms with Gasteiger partial charge in [0.1, 0.15) is 6.54 Å². The quantitative estimate of drug-likeness (QED) is 0.807. The fraction of sp³-hybridized carbons (Fsp3) is 0.500. The number of carbonyl (C=O) groups excluding carboxylic acids is 2. The lowest BCUT2D eigenvalue weighted by Gasteiger charge is -2.15. The lowest BCUT2D eigenvalue weighted by atomic mass is 10.1. The minimum absolute atomic E-state index is 0.0359. The zero-order chi connectivity index (χ0) is 16.6. The normalized spacial score (nSPS) is 17.7. The molecule has 1 aliphatic heterocycles. The molecule has 0 bridgehead atoms. The van der Waals surface area contributed by atoms with Crippen molar-refractivity contribution in [2.24, 2.45) is 0 Å². The third-order valence-electron chi connectivity index (χ3n) is 4.50. The molecule has 2 aliphatic rings. The number of amides is 2. The average Bonchev–Trinajstić information content (AvgIpc) is 3.11. The predicted molar refractivity (Wildman–Crippen MR) is 84.5 cm³/mol. The van der Waals surface area contributed by atoms with Crippen molar-refractivity contribution in [3.8, 4) is 0 Å². The molecule has 7 heteroatoms. The van der Waals surface area contributed by atoms with E-state index in [2.05, 4.69) is 0 Å². The Labute approximate surface area is 136 Å². The summed E-state index contributed by atoms with van der Waals surface area (Å²) in [6, 6.07) is 5.26. The average molecular weight is 336 g/mol. The highest BCUT2D eigenvalue weighted by molar-refractivity contribution is 7.91. The maximum absolute atomic E-state index is 12.4. The molecule has 0 atom stereocenters. The van der Waals surface area contributed by atoms with Crippen molar-refractivity contribution >= 4 is 21.7 Å². The van der Waals surface area contributed by atoms with E-state index in [1.54, 1.807) is 19.2 Å². The molecule has 1 heterocycles. The predicted octanol–water partition coefficient (Wildman–Crippen LogP) is 0.597. The van der Waals surface area contributed by atoms with Crippen LogP contribution in [0.1, 0.15) is 24.0 Å². The summed E-state index contributed by atoms with van der Waals surface area (Å²) in [7, 11) is -1.86. The van der Waals surface area contributed by atoms with Crippen molar-refractivity contribution in [1.82, 2.24) is 9.80 Å². The molecule has 1 aromatic carbocycles. The first-order valence-corrected chi connectivity index (χ1v) is 9.38. The van der Waals surface area contributed by atoms with Crippen molar-refractivity contribution in [2.45, 2.75) is 30.6 Å². The van der Waals surface area contributed by atoms with Gasteiger partial charge in [0.2, 0.25) is 11.8 Å². The van der Waals surface area contributed by atoms with Gasteiger partial charge in [0.15, 0.2) is 9.84 Å². The Morgan fingerprint density at radius 1 is 1.22 bits per heavy atom. The molecule has 23 heavy (non-hydrogen) atoms. The molecular weight excluding hydrogens is 316 g/mol. The Hall–Kier alpha value is -1.89. The highest BCUT2D eigenvalue weighted by atomic mass is 32.2. The minimum Gasteiger partial charge on any atom is -0.326 e. The van der Waals surface area contributed by atoms with E-state index in [4.69, 9.17) is 0 Å². The van der Waals surface area contributed by atoms with E-state index in [1.807, 2.05) is 6.07 Å². The number of aryl methyl sites for hydroxylation is 2. The smallest absolute Gasteiger partial charge is 0.243 e. The van der Waals surface area contributed by atoms with Crippen molar-refractivity contribution < 1.29 is 18.0 Å². The molecule has 124 valence electrons. The molecule has 0 unspecified atom stereocenters. The number of benzene rings is 1. The Bertz CT molecular complexity index is 757. The molecular formula is C16H20N2O4S. The van der Waals surface area contributed by atoms with Crippen molar-refractivity contribution in [2.75, 3.05) is 26.0 Å². The fourth-order valence-corrected chi connectivity index (χ4v) is 4.35. The van der Waals surface area contributed by atoms with Crippen LogP contribution in [0.2, 0.25) is 0 Å². The van der Waals surface area contributed by atoms with Crippen LogP contribution in [0.15, 0.2) is 23.1 Å². The molecule has 1 aliphatic carbocycles. The molecule has 1 aromatic rings. The summed E-state index contributed by atoms with van der Waals surface area (Å²) in [5, 5.41) is 0. The molecule has 0 saturated carbocycles. The van der Waals surface area contributed by atoms with Crippen LogP contribution in [0.4, 0.5) is 0 Å². The summed E-state index contributed by atoms with van der Waals surface area (Å²) in [6.45, 7) is 0.269. The summed E-state index contributed by atoms with van der Waals surface area (Å²) in [5.41, 5.74) is 2.32. The van der Waals surface area contributed by atoms with Crippen LogP contribution in [0.25, 0.3) is 0 Å². The number of rotatable bonds is 4. The van der Waals surface area contributed by atoms with Crippen molar-refractivity contribution in [1.29, 1.82) is 0 Å². The molecule has 3 rings (SSSR count). The number of nitrogens with zero attached hydrogens (tertiary/aromatic N) is 2. The Balaban J connectivity index is 1.65. The highest BCUT2D eigenvalue weighted by Crippen LogP contribution is 2.25. The Morgan fingerprint density at radius 3 is 2.65 bits per heavy atom. The molecule has 1 saturated heterocycles. The van der Waals surface area contributed by atoms with Crippen LogP contribution in [-0.4, -0.2) is 56.0 Å². The molecule has 2 amide bonds. The number of sulfone groups is 1. The lowest BCUT2D eigenvalue weighted by Crippen LogP contribution is -2.31.